The maximum absolute atomic E-state index is 12.1. The highest BCUT2D eigenvalue weighted by atomic mass is 16.5. The molecule has 0 saturated heterocycles. The van der Waals surface area contributed by atoms with Crippen LogP contribution in [0, 0.1) is 32.6 Å². The first-order valence-electron chi connectivity index (χ1n) is 11.4. The van der Waals surface area contributed by atoms with Gasteiger partial charge in [0.15, 0.2) is 0 Å². The summed E-state index contributed by atoms with van der Waals surface area (Å²) < 4.78 is 11.3. The van der Waals surface area contributed by atoms with Gasteiger partial charge in [-0.1, -0.05) is 36.4 Å². The minimum atomic E-state index is -0.0623. The van der Waals surface area contributed by atoms with E-state index < -0.39 is 0 Å². The Morgan fingerprint density at radius 2 is 1.84 bits per heavy atom. The molecule has 2 aromatic carbocycles. The molecular formula is C28H29NO3. The van der Waals surface area contributed by atoms with Crippen molar-refractivity contribution >= 4 is 5.97 Å². The van der Waals surface area contributed by atoms with Crippen LogP contribution in [0.1, 0.15) is 46.2 Å². The van der Waals surface area contributed by atoms with Gasteiger partial charge in [-0.15, -0.1) is 0 Å². The van der Waals surface area contributed by atoms with Crippen molar-refractivity contribution in [3.63, 3.8) is 0 Å². The molecular weight excluding hydrogens is 398 g/mol. The molecule has 0 bridgehead atoms. The van der Waals surface area contributed by atoms with Gasteiger partial charge in [0.2, 0.25) is 5.88 Å². The number of fused-ring (bicyclic) bond motifs is 3. The Bertz CT molecular complexity index is 1180. The third-order valence-corrected chi connectivity index (χ3v) is 7.11. The molecule has 1 heterocycles. The molecule has 0 radical (unpaired) electrons. The number of carbonyl (C=O) groups excluding carboxylic acids is 1. The number of hydrogen-bond donors (Lipinski definition) is 0. The van der Waals surface area contributed by atoms with E-state index >= 15 is 0 Å². The van der Waals surface area contributed by atoms with Crippen LogP contribution in [0.15, 0.2) is 48.7 Å². The zero-order valence-corrected chi connectivity index (χ0v) is 19.1. The van der Waals surface area contributed by atoms with Gasteiger partial charge in [-0.05, 0) is 84.5 Å². The SMILES string of the molecule is CCOC(=O)C1C2Cc3cc(OCc4cccc(-c5c(C)cccc5C)c4C)ncc3C21. The largest absolute Gasteiger partial charge is 0.473 e. The lowest BCUT2D eigenvalue weighted by Gasteiger charge is -2.16. The molecule has 164 valence electrons. The van der Waals surface area contributed by atoms with Crippen molar-refractivity contribution in [1.82, 2.24) is 4.98 Å². The van der Waals surface area contributed by atoms with Gasteiger partial charge in [0.05, 0.1) is 12.5 Å². The van der Waals surface area contributed by atoms with Gasteiger partial charge < -0.3 is 9.47 Å². The maximum atomic E-state index is 12.1. The van der Waals surface area contributed by atoms with Crippen LogP contribution in [0.2, 0.25) is 0 Å². The van der Waals surface area contributed by atoms with E-state index in [1.807, 2.05) is 19.2 Å². The lowest BCUT2D eigenvalue weighted by Crippen LogP contribution is -2.11. The monoisotopic (exact) mass is 427 g/mol. The Labute approximate surface area is 189 Å². The summed E-state index contributed by atoms with van der Waals surface area (Å²) in [4.78, 5) is 16.6. The van der Waals surface area contributed by atoms with Crippen molar-refractivity contribution in [2.45, 2.75) is 46.6 Å². The Balaban J connectivity index is 1.31. The van der Waals surface area contributed by atoms with Crippen molar-refractivity contribution in [2.75, 3.05) is 6.61 Å². The number of aromatic nitrogens is 1. The van der Waals surface area contributed by atoms with Crippen molar-refractivity contribution in [2.24, 2.45) is 11.8 Å². The van der Waals surface area contributed by atoms with E-state index in [9.17, 15) is 4.79 Å². The third kappa shape index (κ3) is 3.48. The molecule has 3 atom stereocenters. The molecule has 3 aromatic rings. The molecule has 2 aliphatic rings. The van der Waals surface area contributed by atoms with E-state index in [0.29, 0.717) is 25.0 Å². The number of hydrogen-bond acceptors (Lipinski definition) is 4. The van der Waals surface area contributed by atoms with Crippen molar-refractivity contribution < 1.29 is 14.3 Å². The molecule has 0 amide bonds. The summed E-state index contributed by atoms with van der Waals surface area (Å²) in [5.74, 6) is 1.26. The number of aryl methyl sites for hydroxylation is 2. The normalized spacial score (nSPS) is 20.4. The quantitative estimate of drug-likeness (QED) is 0.473. The van der Waals surface area contributed by atoms with Crippen LogP contribution >= 0.6 is 0 Å². The smallest absolute Gasteiger partial charge is 0.309 e. The fraction of sp³-hybridized carbons (Fsp3) is 0.357. The Morgan fingerprint density at radius 1 is 1.09 bits per heavy atom. The fourth-order valence-electron chi connectivity index (χ4n) is 5.41. The molecule has 32 heavy (non-hydrogen) atoms. The third-order valence-electron chi connectivity index (χ3n) is 7.11. The lowest BCUT2D eigenvalue weighted by molar-refractivity contribution is -0.145. The molecule has 4 nitrogen and oxygen atoms in total. The van der Waals surface area contributed by atoms with Crippen LogP contribution in [-0.4, -0.2) is 17.6 Å². The number of benzene rings is 2. The van der Waals surface area contributed by atoms with E-state index in [1.54, 1.807) is 0 Å². The van der Waals surface area contributed by atoms with Crippen molar-refractivity contribution in [3.05, 3.63) is 82.0 Å². The average molecular weight is 428 g/mol. The standard InChI is InChI=1S/C28H29NO3/c1-5-31-28(30)27-22-12-20-13-24(29-14-23(20)26(22)27)32-15-19-10-7-11-21(18(19)4)25-16(2)8-6-9-17(25)3/h6-11,13-14,22,26-27H,5,12,15H2,1-4H3. The summed E-state index contributed by atoms with van der Waals surface area (Å²) >= 11 is 0. The van der Waals surface area contributed by atoms with Gasteiger partial charge >= 0.3 is 5.97 Å². The van der Waals surface area contributed by atoms with Crippen LogP contribution in [0.3, 0.4) is 0 Å². The summed E-state index contributed by atoms with van der Waals surface area (Å²) in [7, 11) is 0. The first-order valence-corrected chi connectivity index (χ1v) is 11.4. The highest BCUT2D eigenvalue weighted by Crippen LogP contribution is 2.61. The predicted octanol–water partition coefficient (Wildman–Crippen LogP) is 5.70. The first-order chi connectivity index (χ1) is 15.5. The van der Waals surface area contributed by atoms with Gasteiger partial charge in [0.25, 0.3) is 0 Å². The van der Waals surface area contributed by atoms with Crippen LogP contribution in [-0.2, 0) is 22.6 Å². The number of carbonyl (C=O) groups is 1. The molecule has 3 unspecified atom stereocenters. The maximum Gasteiger partial charge on any atom is 0.309 e. The summed E-state index contributed by atoms with van der Waals surface area (Å²) in [6.07, 6.45) is 2.80. The second-order valence-corrected chi connectivity index (χ2v) is 9.04. The molecule has 1 saturated carbocycles. The van der Waals surface area contributed by atoms with E-state index in [0.717, 1.165) is 12.0 Å². The zero-order chi connectivity index (χ0) is 22.4. The predicted molar refractivity (Wildman–Crippen MR) is 125 cm³/mol. The average Bonchev–Trinajstić information content (AvgIpc) is 3.36. The van der Waals surface area contributed by atoms with Crippen LogP contribution in [0.25, 0.3) is 11.1 Å². The molecule has 2 aliphatic carbocycles. The molecule has 0 aliphatic heterocycles. The van der Waals surface area contributed by atoms with Crippen LogP contribution in [0.5, 0.6) is 5.88 Å². The van der Waals surface area contributed by atoms with Crippen molar-refractivity contribution in [3.8, 4) is 17.0 Å². The van der Waals surface area contributed by atoms with Gasteiger partial charge in [-0.2, -0.15) is 0 Å². The summed E-state index contributed by atoms with van der Waals surface area (Å²) in [6, 6.07) is 14.9. The molecule has 0 spiro atoms. The Kier molecular flexibility index (Phi) is 5.24. The molecule has 4 heteroatoms. The minimum Gasteiger partial charge on any atom is -0.473 e. The number of esters is 1. The fourth-order valence-corrected chi connectivity index (χ4v) is 5.41. The second-order valence-electron chi connectivity index (χ2n) is 9.04. The van der Waals surface area contributed by atoms with Gasteiger partial charge in [0.1, 0.15) is 6.61 Å². The molecule has 5 rings (SSSR count). The lowest BCUT2D eigenvalue weighted by atomic mass is 9.91. The van der Waals surface area contributed by atoms with Gasteiger partial charge in [-0.25, -0.2) is 4.98 Å². The highest BCUT2D eigenvalue weighted by molar-refractivity contribution is 5.79. The minimum absolute atomic E-state index is 0.0197. The van der Waals surface area contributed by atoms with E-state index in [2.05, 4.69) is 62.2 Å². The number of rotatable bonds is 6. The zero-order valence-electron chi connectivity index (χ0n) is 19.1. The highest BCUT2D eigenvalue weighted by Gasteiger charge is 2.60. The summed E-state index contributed by atoms with van der Waals surface area (Å²) in [5, 5.41) is 0. The summed E-state index contributed by atoms with van der Waals surface area (Å²) in [6.45, 7) is 9.27. The van der Waals surface area contributed by atoms with Crippen LogP contribution in [0.4, 0.5) is 0 Å². The Hall–Kier alpha value is -3.14. The summed E-state index contributed by atoms with van der Waals surface area (Å²) in [5.41, 5.74) is 9.98. The second kappa shape index (κ2) is 8.09. The Morgan fingerprint density at radius 3 is 2.59 bits per heavy atom. The topological polar surface area (TPSA) is 48.4 Å². The van der Waals surface area contributed by atoms with E-state index in [1.165, 1.54) is 38.9 Å². The van der Waals surface area contributed by atoms with E-state index in [4.69, 9.17) is 9.47 Å². The van der Waals surface area contributed by atoms with Crippen LogP contribution < -0.4 is 4.74 Å². The van der Waals surface area contributed by atoms with Gasteiger partial charge in [-0.3, -0.25) is 4.79 Å². The molecule has 1 fully saturated rings. The molecule has 0 N–H and O–H groups in total. The van der Waals surface area contributed by atoms with Gasteiger partial charge in [0, 0.05) is 18.2 Å². The number of nitrogens with zero attached hydrogens (tertiary/aromatic N) is 1. The van der Waals surface area contributed by atoms with E-state index in [-0.39, 0.29) is 17.8 Å². The number of ether oxygens (including phenoxy) is 2. The number of pyridine rings is 1. The first kappa shape index (κ1) is 20.7. The van der Waals surface area contributed by atoms with Crippen molar-refractivity contribution in [1.29, 1.82) is 0 Å². The molecule has 1 aromatic heterocycles.